The first kappa shape index (κ1) is 12.7. The lowest BCUT2D eigenvalue weighted by Crippen LogP contribution is -2.33. The lowest BCUT2D eigenvalue weighted by atomic mass is 9.94. The summed E-state index contributed by atoms with van der Waals surface area (Å²) in [4.78, 5) is 11.4. The van der Waals surface area contributed by atoms with E-state index in [9.17, 15) is 4.79 Å². The smallest absolute Gasteiger partial charge is 0.439 e. The van der Waals surface area contributed by atoms with Gasteiger partial charge in [-0.3, -0.25) is 5.21 Å². The van der Waals surface area contributed by atoms with Gasteiger partial charge in [-0.1, -0.05) is 12.1 Å². The van der Waals surface area contributed by atoms with Gasteiger partial charge in [0.1, 0.15) is 5.60 Å². The number of benzene rings is 1. The number of amides is 1. The summed E-state index contributed by atoms with van der Waals surface area (Å²) in [6, 6.07) is 5.41. The summed E-state index contributed by atoms with van der Waals surface area (Å²) >= 11 is 0. The summed E-state index contributed by atoms with van der Waals surface area (Å²) in [5.74, 6) is 0.926. The van der Waals surface area contributed by atoms with Crippen LogP contribution in [-0.4, -0.2) is 29.0 Å². The third-order valence-corrected chi connectivity index (χ3v) is 2.90. The maximum atomic E-state index is 11.4. The number of hydroxylamine groups is 2. The average Bonchev–Trinajstić information content (AvgIpc) is 2.29. The van der Waals surface area contributed by atoms with Crippen molar-refractivity contribution in [2.75, 3.05) is 7.05 Å². The molecule has 2 rings (SSSR count). The molecule has 1 aliphatic heterocycles. The molecule has 5 nitrogen and oxygen atoms in total. The Bertz CT molecular complexity index is 468. The number of fused-ring (bicyclic) bond motifs is 1. The van der Waals surface area contributed by atoms with Crippen molar-refractivity contribution in [2.24, 2.45) is 0 Å². The van der Waals surface area contributed by atoms with E-state index in [4.69, 9.17) is 14.7 Å². The van der Waals surface area contributed by atoms with Crippen LogP contribution in [0.4, 0.5) is 4.79 Å². The second-order valence-electron chi connectivity index (χ2n) is 5.00. The quantitative estimate of drug-likeness (QED) is 0.615. The predicted octanol–water partition coefficient (Wildman–Crippen LogP) is 2.61. The van der Waals surface area contributed by atoms with Gasteiger partial charge in [0.05, 0.1) is 0 Å². The van der Waals surface area contributed by atoms with Crippen LogP contribution in [0.25, 0.3) is 0 Å². The van der Waals surface area contributed by atoms with Gasteiger partial charge in [-0.15, -0.1) is 0 Å². The molecule has 1 N–H and O–H groups in total. The maximum Gasteiger partial charge on any atom is 0.439 e. The predicted molar refractivity (Wildman–Crippen MR) is 65.0 cm³/mol. The molecule has 0 fully saturated rings. The van der Waals surface area contributed by atoms with Gasteiger partial charge in [0, 0.05) is 7.05 Å². The van der Waals surface area contributed by atoms with Gasteiger partial charge in [-0.2, -0.15) is 5.06 Å². The third kappa shape index (κ3) is 2.56. The van der Waals surface area contributed by atoms with Crippen molar-refractivity contribution in [2.45, 2.75) is 32.3 Å². The second-order valence-corrected chi connectivity index (χ2v) is 5.00. The Kier molecular flexibility index (Phi) is 3.17. The number of carbonyl (C=O) groups is 1. The van der Waals surface area contributed by atoms with E-state index in [1.54, 1.807) is 12.1 Å². The van der Waals surface area contributed by atoms with Crippen LogP contribution in [0, 0.1) is 0 Å². The van der Waals surface area contributed by atoms with Crippen molar-refractivity contribution in [1.29, 1.82) is 0 Å². The molecule has 0 bridgehead atoms. The van der Waals surface area contributed by atoms with Crippen LogP contribution in [0.3, 0.4) is 0 Å². The van der Waals surface area contributed by atoms with Crippen molar-refractivity contribution >= 4 is 6.09 Å². The number of hydrogen-bond acceptors (Lipinski definition) is 4. The lowest BCUT2D eigenvalue weighted by molar-refractivity contribution is -0.0379. The highest BCUT2D eigenvalue weighted by Gasteiger charge is 2.29. The van der Waals surface area contributed by atoms with E-state index >= 15 is 0 Å². The van der Waals surface area contributed by atoms with Gasteiger partial charge in [-0.25, -0.2) is 4.79 Å². The highest BCUT2D eigenvalue weighted by molar-refractivity contribution is 5.70. The number of nitrogens with zero attached hydrogens (tertiary/aromatic N) is 1. The normalized spacial score (nSPS) is 16.4. The number of ether oxygens (including phenoxy) is 2. The van der Waals surface area contributed by atoms with E-state index in [2.05, 4.69) is 0 Å². The van der Waals surface area contributed by atoms with Crippen LogP contribution in [0.15, 0.2) is 18.2 Å². The molecule has 0 saturated heterocycles. The Labute approximate surface area is 106 Å². The summed E-state index contributed by atoms with van der Waals surface area (Å²) in [5.41, 5.74) is 0.737. The fourth-order valence-corrected chi connectivity index (χ4v) is 1.88. The topological polar surface area (TPSA) is 59.0 Å². The number of para-hydroxylation sites is 1. The molecule has 1 aromatic carbocycles. The molecule has 0 atom stereocenters. The molecule has 0 radical (unpaired) electrons. The van der Waals surface area contributed by atoms with Crippen LogP contribution in [0.2, 0.25) is 0 Å². The van der Waals surface area contributed by atoms with Crippen molar-refractivity contribution in [1.82, 2.24) is 5.06 Å². The molecular formula is C13H17NO4. The first-order valence-corrected chi connectivity index (χ1v) is 5.84. The zero-order valence-electron chi connectivity index (χ0n) is 10.8. The van der Waals surface area contributed by atoms with Gasteiger partial charge in [0.2, 0.25) is 0 Å². The molecule has 1 aliphatic rings. The second kappa shape index (κ2) is 4.49. The minimum Gasteiger partial charge on any atom is -0.484 e. The summed E-state index contributed by atoms with van der Waals surface area (Å²) in [5, 5.41) is 9.40. The number of aryl methyl sites for hydroxylation is 1. The van der Waals surface area contributed by atoms with Crippen LogP contribution in [0.1, 0.15) is 25.8 Å². The molecule has 5 heteroatoms. The van der Waals surface area contributed by atoms with Gasteiger partial charge in [0.15, 0.2) is 11.5 Å². The molecule has 0 aromatic heterocycles. The molecule has 1 aromatic rings. The summed E-state index contributed by atoms with van der Waals surface area (Å²) in [7, 11) is 1.21. The monoisotopic (exact) mass is 251 g/mol. The van der Waals surface area contributed by atoms with E-state index < -0.39 is 6.09 Å². The number of rotatable bonds is 1. The van der Waals surface area contributed by atoms with E-state index in [1.165, 1.54) is 7.05 Å². The molecule has 0 saturated carbocycles. The minimum absolute atomic E-state index is 0.277. The highest BCUT2D eigenvalue weighted by Crippen LogP contribution is 2.40. The SMILES string of the molecule is CN(O)C(=O)Oc1cccc2c1OC(C)(C)CC2. The molecule has 1 amide bonds. The standard InChI is InChI=1S/C13H17NO4/c1-13(2)8-7-9-5-4-6-10(11(9)18-13)17-12(15)14(3)16/h4-6,16H,7-8H2,1-3H3. The summed E-state index contributed by atoms with van der Waals surface area (Å²) in [6.07, 6.45) is 0.954. The molecular weight excluding hydrogens is 234 g/mol. The Morgan fingerprint density at radius 2 is 2.22 bits per heavy atom. The van der Waals surface area contributed by atoms with Gasteiger partial charge in [0.25, 0.3) is 0 Å². The zero-order chi connectivity index (χ0) is 13.3. The van der Waals surface area contributed by atoms with Gasteiger partial charge in [-0.05, 0) is 38.3 Å². The summed E-state index contributed by atoms with van der Waals surface area (Å²) < 4.78 is 10.9. The average molecular weight is 251 g/mol. The Morgan fingerprint density at radius 3 is 2.89 bits per heavy atom. The van der Waals surface area contributed by atoms with Crippen LogP contribution >= 0.6 is 0 Å². The van der Waals surface area contributed by atoms with Gasteiger partial charge >= 0.3 is 6.09 Å². The fraction of sp³-hybridized carbons (Fsp3) is 0.462. The Morgan fingerprint density at radius 1 is 1.50 bits per heavy atom. The highest BCUT2D eigenvalue weighted by atomic mass is 16.6. The maximum absolute atomic E-state index is 11.4. The minimum atomic E-state index is -0.838. The van der Waals surface area contributed by atoms with Crippen molar-refractivity contribution in [3.63, 3.8) is 0 Å². The number of carbonyl (C=O) groups excluding carboxylic acids is 1. The van der Waals surface area contributed by atoms with Crippen LogP contribution in [0.5, 0.6) is 11.5 Å². The molecule has 0 aliphatic carbocycles. The van der Waals surface area contributed by atoms with E-state index in [0.717, 1.165) is 18.4 Å². The Balaban J connectivity index is 2.30. The van der Waals surface area contributed by atoms with E-state index in [0.29, 0.717) is 16.6 Å². The first-order chi connectivity index (χ1) is 8.39. The molecule has 0 unspecified atom stereocenters. The van der Waals surface area contributed by atoms with Gasteiger partial charge < -0.3 is 9.47 Å². The Hall–Kier alpha value is -1.75. The van der Waals surface area contributed by atoms with Crippen molar-refractivity contribution < 1.29 is 19.5 Å². The lowest BCUT2D eigenvalue weighted by Gasteiger charge is -2.33. The summed E-state index contributed by atoms with van der Waals surface area (Å²) in [6.45, 7) is 3.99. The van der Waals surface area contributed by atoms with Crippen molar-refractivity contribution in [3.8, 4) is 11.5 Å². The molecule has 18 heavy (non-hydrogen) atoms. The van der Waals surface area contributed by atoms with Crippen molar-refractivity contribution in [3.05, 3.63) is 23.8 Å². The van der Waals surface area contributed by atoms with E-state index in [1.807, 2.05) is 19.9 Å². The third-order valence-electron chi connectivity index (χ3n) is 2.90. The first-order valence-electron chi connectivity index (χ1n) is 5.84. The van der Waals surface area contributed by atoms with Crippen LogP contribution in [-0.2, 0) is 6.42 Å². The van der Waals surface area contributed by atoms with Crippen LogP contribution < -0.4 is 9.47 Å². The number of hydrogen-bond donors (Lipinski definition) is 1. The zero-order valence-corrected chi connectivity index (χ0v) is 10.8. The molecule has 0 spiro atoms. The molecule has 1 heterocycles. The molecule has 98 valence electrons. The fourth-order valence-electron chi connectivity index (χ4n) is 1.88. The largest absolute Gasteiger partial charge is 0.484 e. The van der Waals surface area contributed by atoms with E-state index in [-0.39, 0.29) is 5.60 Å².